The van der Waals surface area contributed by atoms with Gasteiger partial charge in [-0.05, 0) is 12.1 Å². The number of benzene rings is 1. The number of anilines is 1. The van der Waals surface area contributed by atoms with Gasteiger partial charge in [0.15, 0.2) is 0 Å². The average molecular weight is 218 g/mol. The van der Waals surface area contributed by atoms with Gasteiger partial charge in [0.05, 0.1) is 11.1 Å². The van der Waals surface area contributed by atoms with Crippen LogP contribution in [0.1, 0.15) is 0 Å². The van der Waals surface area contributed by atoms with Crippen LogP contribution in [-0.2, 0) is 0 Å². The van der Waals surface area contributed by atoms with Crippen molar-refractivity contribution in [1.29, 1.82) is 0 Å². The van der Waals surface area contributed by atoms with E-state index >= 15 is 0 Å². The summed E-state index contributed by atoms with van der Waals surface area (Å²) < 4.78 is 13.0. The molecule has 1 aromatic rings. The van der Waals surface area contributed by atoms with Crippen LogP contribution in [-0.4, -0.2) is 12.5 Å². The minimum atomic E-state index is -0.186. The number of para-hydroxylation sites is 1. The number of hydrogen-bond acceptors (Lipinski definition) is 1. The third-order valence-corrected chi connectivity index (χ3v) is 2.20. The van der Waals surface area contributed by atoms with Crippen LogP contribution in [0.25, 0.3) is 0 Å². The van der Waals surface area contributed by atoms with E-state index in [1.807, 2.05) is 13.1 Å². The van der Waals surface area contributed by atoms with Gasteiger partial charge in [0.2, 0.25) is 0 Å². The Bertz CT molecular complexity index is 239. The molecule has 60 valence electrons. The molecule has 0 aromatic heterocycles. The van der Waals surface area contributed by atoms with Crippen molar-refractivity contribution < 1.29 is 4.39 Å². The van der Waals surface area contributed by atoms with Crippen LogP contribution in [0, 0.1) is 5.82 Å². The lowest BCUT2D eigenvalue weighted by Crippen LogP contribution is -2.14. The van der Waals surface area contributed by atoms with Crippen LogP contribution in [0.4, 0.5) is 10.1 Å². The molecular weight excluding hydrogens is 209 g/mol. The Hall–Kier alpha value is -0.570. The molecule has 0 atom stereocenters. The Morgan fingerprint density at radius 2 is 2.09 bits per heavy atom. The van der Waals surface area contributed by atoms with E-state index in [2.05, 4.69) is 15.9 Å². The van der Waals surface area contributed by atoms with Crippen LogP contribution < -0.4 is 4.90 Å². The molecule has 0 heterocycles. The van der Waals surface area contributed by atoms with Crippen molar-refractivity contribution >= 4 is 21.6 Å². The standard InChI is InChI=1S/C8H9BrFN/c1-11(6-9)8-5-3-2-4-7(8)10/h2-5H,6H2,1H3. The van der Waals surface area contributed by atoms with Gasteiger partial charge in [0.25, 0.3) is 0 Å². The van der Waals surface area contributed by atoms with Gasteiger partial charge in [0.1, 0.15) is 5.82 Å². The Balaban J connectivity index is 2.93. The summed E-state index contributed by atoms with van der Waals surface area (Å²) in [5.41, 5.74) is 1.25. The summed E-state index contributed by atoms with van der Waals surface area (Å²) in [4.78, 5) is 1.79. The van der Waals surface area contributed by atoms with Gasteiger partial charge in [-0.15, -0.1) is 0 Å². The molecule has 0 spiro atoms. The van der Waals surface area contributed by atoms with Crippen LogP contribution in [0.5, 0.6) is 0 Å². The Labute approximate surface area is 74.0 Å². The Morgan fingerprint density at radius 3 is 2.64 bits per heavy atom. The average Bonchev–Trinajstić information content (AvgIpc) is 2.04. The fraction of sp³-hybridized carbons (Fsp3) is 0.250. The third kappa shape index (κ3) is 1.93. The minimum Gasteiger partial charge on any atom is -0.362 e. The second-order valence-corrected chi connectivity index (χ2v) is 2.77. The first-order valence-corrected chi connectivity index (χ1v) is 4.39. The quantitative estimate of drug-likeness (QED) is 0.544. The highest BCUT2D eigenvalue weighted by atomic mass is 79.9. The van der Waals surface area contributed by atoms with Crippen molar-refractivity contribution in [2.75, 3.05) is 17.4 Å². The minimum absolute atomic E-state index is 0.186. The molecule has 0 unspecified atom stereocenters. The van der Waals surface area contributed by atoms with Crippen molar-refractivity contribution in [2.45, 2.75) is 0 Å². The summed E-state index contributed by atoms with van der Waals surface area (Å²) in [6, 6.07) is 6.70. The summed E-state index contributed by atoms with van der Waals surface area (Å²) >= 11 is 3.24. The molecule has 1 nitrogen and oxygen atoms in total. The molecule has 0 saturated heterocycles. The van der Waals surface area contributed by atoms with Crippen molar-refractivity contribution in [3.8, 4) is 0 Å². The van der Waals surface area contributed by atoms with Crippen LogP contribution in [0.2, 0.25) is 0 Å². The molecule has 0 fully saturated rings. The monoisotopic (exact) mass is 217 g/mol. The van der Waals surface area contributed by atoms with E-state index in [0.29, 0.717) is 11.1 Å². The highest BCUT2D eigenvalue weighted by molar-refractivity contribution is 9.09. The Kier molecular flexibility index (Phi) is 2.88. The largest absolute Gasteiger partial charge is 0.362 e. The van der Waals surface area contributed by atoms with Crippen LogP contribution in [0.15, 0.2) is 24.3 Å². The summed E-state index contributed by atoms with van der Waals surface area (Å²) in [5, 5.41) is 0. The van der Waals surface area contributed by atoms with Crippen LogP contribution >= 0.6 is 15.9 Å². The zero-order chi connectivity index (χ0) is 8.27. The van der Waals surface area contributed by atoms with Crippen molar-refractivity contribution in [2.24, 2.45) is 0 Å². The van der Waals surface area contributed by atoms with Gasteiger partial charge in [-0.3, -0.25) is 0 Å². The molecule has 0 radical (unpaired) electrons. The molecule has 0 amide bonds. The van der Waals surface area contributed by atoms with Crippen molar-refractivity contribution in [3.63, 3.8) is 0 Å². The molecule has 0 aliphatic carbocycles. The van der Waals surface area contributed by atoms with E-state index in [4.69, 9.17) is 0 Å². The van der Waals surface area contributed by atoms with Gasteiger partial charge in [0, 0.05) is 7.05 Å². The van der Waals surface area contributed by atoms with E-state index < -0.39 is 0 Å². The normalized spacial score (nSPS) is 9.73. The van der Waals surface area contributed by atoms with Gasteiger partial charge in [-0.1, -0.05) is 28.1 Å². The SMILES string of the molecule is CN(CBr)c1ccccc1F. The fourth-order valence-corrected chi connectivity index (χ4v) is 1.10. The maximum Gasteiger partial charge on any atom is 0.146 e. The lowest BCUT2D eigenvalue weighted by molar-refractivity contribution is 0.626. The maximum atomic E-state index is 13.0. The van der Waals surface area contributed by atoms with Crippen LogP contribution in [0.3, 0.4) is 0 Å². The van der Waals surface area contributed by atoms with Crippen molar-refractivity contribution in [3.05, 3.63) is 30.1 Å². The highest BCUT2D eigenvalue weighted by Crippen LogP contribution is 2.17. The Morgan fingerprint density at radius 1 is 1.45 bits per heavy atom. The zero-order valence-electron chi connectivity index (χ0n) is 6.22. The first-order valence-electron chi connectivity index (χ1n) is 3.27. The van der Waals surface area contributed by atoms with Gasteiger partial charge in [-0.2, -0.15) is 0 Å². The molecule has 0 aliphatic heterocycles. The topological polar surface area (TPSA) is 3.24 Å². The number of nitrogens with zero attached hydrogens (tertiary/aromatic N) is 1. The van der Waals surface area contributed by atoms with Gasteiger partial charge < -0.3 is 4.90 Å². The molecule has 1 rings (SSSR count). The van der Waals surface area contributed by atoms with E-state index in [1.165, 1.54) is 6.07 Å². The van der Waals surface area contributed by atoms with E-state index in [1.54, 1.807) is 17.0 Å². The first-order chi connectivity index (χ1) is 5.25. The van der Waals surface area contributed by atoms with E-state index in [-0.39, 0.29) is 5.82 Å². The molecule has 0 saturated carbocycles. The molecule has 11 heavy (non-hydrogen) atoms. The second kappa shape index (κ2) is 3.72. The van der Waals surface area contributed by atoms with Gasteiger partial charge >= 0.3 is 0 Å². The predicted molar refractivity (Wildman–Crippen MR) is 48.6 cm³/mol. The zero-order valence-corrected chi connectivity index (χ0v) is 7.81. The fourth-order valence-electron chi connectivity index (χ4n) is 0.826. The highest BCUT2D eigenvalue weighted by Gasteiger charge is 2.02. The summed E-state index contributed by atoms with van der Waals surface area (Å²) in [7, 11) is 1.83. The molecular formula is C8H9BrFN. The lowest BCUT2D eigenvalue weighted by atomic mass is 10.3. The van der Waals surface area contributed by atoms with Gasteiger partial charge in [-0.25, -0.2) is 4.39 Å². The summed E-state index contributed by atoms with van der Waals surface area (Å²) in [5.74, 6) is -0.186. The first kappa shape index (κ1) is 8.53. The number of rotatable bonds is 2. The molecule has 0 bridgehead atoms. The lowest BCUT2D eigenvalue weighted by Gasteiger charge is -2.15. The van der Waals surface area contributed by atoms with E-state index in [0.717, 1.165) is 0 Å². The summed E-state index contributed by atoms with van der Waals surface area (Å²) in [6.07, 6.45) is 0. The molecule has 3 heteroatoms. The summed E-state index contributed by atoms with van der Waals surface area (Å²) in [6.45, 7) is 0. The molecule has 1 aromatic carbocycles. The predicted octanol–water partition coefficient (Wildman–Crippen LogP) is 2.61. The third-order valence-electron chi connectivity index (χ3n) is 1.44. The number of alkyl halides is 1. The number of halogens is 2. The molecule has 0 N–H and O–H groups in total. The van der Waals surface area contributed by atoms with E-state index in [9.17, 15) is 4.39 Å². The smallest absolute Gasteiger partial charge is 0.146 e. The number of hydrogen-bond donors (Lipinski definition) is 0. The molecule has 0 aliphatic rings. The van der Waals surface area contributed by atoms with Crippen molar-refractivity contribution in [1.82, 2.24) is 0 Å². The maximum absolute atomic E-state index is 13.0. The second-order valence-electron chi connectivity index (χ2n) is 2.27.